The summed E-state index contributed by atoms with van der Waals surface area (Å²) in [6.45, 7) is 18.9. The number of thiazole rings is 1. The van der Waals surface area contributed by atoms with Crippen LogP contribution in [-0.4, -0.2) is 17.1 Å². The number of hydrogen-bond acceptors (Lipinski definition) is 4. The number of rotatable bonds is 5. The minimum absolute atomic E-state index is 0.0645. The fourth-order valence-corrected chi connectivity index (χ4v) is 3.23. The zero-order valence-electron chi connectivity index (χ0n) is 14.3. The van der Waals surface area contributed by atoms with E-state index >= 15 is 0 Å². The molecule has 1 aromatic rings. The van der Waals surface area contributed by atoms with Crippen molar-refractivity contribution in [3.8, 4) is 0 Å². The molecule has 0 fully saturated rings. The first-order valence-corrected chi connectivity index (χ1v) is 8.19. The van der Waals surface area contributed by atoms with Crippen molar-refractivity contribution < 1.29 is 4.74 Å². The van der Waals surface area contributed by atoms with Crippen LogP contribution in [0.25, 0.3) is 0 Å². The second-order valence-electron chi connectivity index (χ2n) is 7.37. The molecule has 1 heterocycles. The van der Waals surface area contributed by atoms with Gasteiger partial charge in [0, 0.05) is 23.6 Å². The van der Waals surface area contributed by atoms with Crippen LogP contribution < -0.4 is 5.32 Å². The van der Waals surface area contributed by atoms with Gasteiger partial charge in [-0.2, -0.15) is 0 Å². The average Bonchev–Trinajstić information content (AvgIpc) is 2.62. The van der Waals surface area contributed by atoms with Gasteiger partial charge in [-0.05, 0) is 40.0 Å². The van der Waals surface area contributed by atoms with E-state index in [1.54, 1.807) is 11.3 Å². The molecule has 0 aliphatic heterocycles. The van der Waals surface area contributed by atoms with Crippen LogP contribution >= 0.6 is 11.3 Å². The summed E-state index contributed by atoms with van der Waals surface area (Å²) in [6, 6.07) is 0. The predicted molar refractivity (Wildman–Crippen MR) is 87.3 cm³/mol. The molecule has 3 nitrogen and oxygen atoms in total. The number of nitrogens with zero attached hydrogens (tertiary/aromatic N) is 1. The molecule has 1 unspecified atom stereocenters. The van der Waals surface area contributed by atoms with Crippen molar-refractivity contribution in [1.82, 2.24) is 10.3 Å². The van der Waals surface area contributed by atoms with Crippen molar-refractivity contribution in [3.05, 3.63) is 15.6 Å². The van der Waals surface area contributed by atoms with Gasteiger partial charge in [0.2, 0.25) is 0 Å². The van der Waals surface area contributed by atoms with E-state index in [1.807, 2.05) is 6.92 Å². The molecule has 0 aliphatic rings. The van der Waals surface area contributed by atoms with Crippen LogP contribution in [0, 0.1) is 12.3 Å². The van der Waals surface area contributed by atoms with Crippen molar-refractivity contribution in [2.24, 2.45) is 5.41 Å². The third kappa shape index (κ3) is 5.15. The Balaban J connectivity index is 2.92. The van der Waals surface area contributed by atoms with Gasteiger partial charge in [0.1, 0.15) is 11.1 Å². The monoisotopic (exact) mass is 298 g/mol. The predicted octanol–water partition coefficient (Wildman–Crippen LogP) is 4.46. The second-order valence-corrected chi connectivity index (χ2v) is 8.48. The molecule has 0 spiro atoms. The van der Waals surface area contributed by atoms with Crippen molar-refractivity contribution in [1.29, 1.82) is 0 Å². The van der Waals surface area contributed by atoms with E-state index in [9.17, 15) is 0 Å². The van der Waals surface area contributed by atoms with E-state index in [2.05, 4.69) is 53.8 Å². The smallest absolute Gasteiger partial charge is 0.123 e. The highest BCUT2D eigenvalue weighted by molar-refractivity contribution is 7.11. The molecule has 1 N–H and O–H groups in total. The summed E-state index contributed by atoms with van der Waals surface area (Å²) in [6.07, 6.45) is 0.0691. The highest BCUT2D eigenvalue weighted by Crippen LogP contribution is 2.38. The molecule has 20 heavy (non-hydrogen) atoms. The first-order valence-electron chi connectivity index (χ1n) is 7.37. The SMILES string of the molecule is CCOC(c1nc(C)c(CNC(C)(C)C)s1)C(C)(C)C. The maximum atomic E-state index is 5.93. The van der Waals surface area contributed by atoms with Gasteiger partial charge in [0.15, 0.2) is 0 Å². The number of hydrogen-bond donors (Lipinski definition) is 1. The zero-order valence-corrected chi connectivity index (χ0v) is 15.1. The molecule has 1 rings (SSSR count). The van der Waals surface area contributed by atoms with Crippen LogP contribution in [0.1, 0.15) is 70.1 Å². The molecular weight excluding hydrogens is 268 g/mol. The minimum Gasteiger partial charge on any atom is -0.371 e. The number of aromatic nitrogens is 1. The van der Waals surface area contributed by atoms with Crippen molar-refractivity contribution >= 4 is 11.3 Å². The summed E-state index contributed by atoms with van der Waals surface area (Å²) in [4.78, 5) is 6.06. The Morgan fingerprint density at radius 2 is 1.80 bits per heavy atom. The summed E-state index contributed by atoms with van der Waals surface area (Å²) in [7, 11) is 0. The molecule has 1 aromatic heterocycles. The first kappa shape index (κ1) is 17.6. The first-order chi connectivity index (χ1) is 9.04. The summed E-state index contributed by atoms with van der Waals surface area (Å²) < 4.78 is 5.93. The van der Waals surface area contributed by atoms with Gasteiger partial charge >= 0.3 is 0 Å². The maximum absolute atomic E-state index is 5.93. The largest absolute Gasteiger partial charge is 0.371 e. The van der Waals surface area contributed by atoms with E-state index in [4.69, 9.17) is 9.72 Å². The van der Waals surface area contributed by atoms with E-state index in [1.165, 1.54) is 4.88 Å². The molecule has 0 saturated heterocycles. The maximum Gasteiger partial charge on any atom is 0.123 e. The summed E-state index contributed by atoms with van der Waals surface area (Å²) in [5, 5.41) is 4.63. The van der Waals surface area contributed by atoms with Crippen LogP contribution in [0.4, 0.5) is 0 Å². The van der Waals surface area contributed by atoms with Crippen LogP contribution in [0.15, 0.2) is 0 Å². The molecule has 0 bridgehead atoms. The molecule has 0 amide bonds. The highest BCUT2D eigenvalue weighted by atomic mass is 32.1. The van der Waals surface area contributed by atoms with Gasteiger partial charge in [-0.25, -0.2) is 4.98 Å². The van der Waals surface area contributed by atoms with E-state index in [-0.39, 0.29) is 17.1 Å². The lowest BCUT2D eigenvalue weighted by atomic mass is 9.89. The highest BCUT2D eigenvalue weighted by Gasteiger charge is 2.30. The van der Waals surface area contributed by atoms with Crippen LogP contribution in [0.3, 0.4) is 0 Å². The molecular formula is C16H30N2OS. The third-order valence-electron chi connectivity index (χ3n) is 3.03. The Kier molecular flexibility index (Phi) is 5.76. The zero-order chi connectivity index (χ0) is 15.6. The van der Waals surface area contributed by atoms with Crippen molar-refractivity contribution in [2.75, 3.05) is 6.61 Å². The number of ether oxygens (including phenoxy) is 1. The van der Waals surface area contributed by atoms with Gasteiger partial charge < -0.3 is 10.1 Å². The number of aryl methyl sites for hydroxylation is 1. The normalized spacial score (nSPS) is 14.6. The Morgan fingerprint density at radius 3 is 2.25 bits per heavy atom. The standard InChI is InChI=1S/C16H30N2OS/c1-9-19-13(15(3,4)5)14-18-11(2)12(20-14)10-17-16(6,7)8/h13,17H,9-10H2,1-8H3. The van der Waals surface area contributed by atoms with Gasteiger partial charge in [-0.3, -0.25) is 0 Å². The topological polar surface area (TPSA) is 34.1 Å². The van der Waals surface area contributed by atoms with Crippen LogP contribution in [-0.2, 0) is 11.3 Å². The lowest BCUT2D eigenvalue weighted by molar-refractivity contribution is -0.0134. The van der Waals surface area contributed by atoms with E-state index in [0.29, 0.717) is 0 Å². The van der Waals surface area contributed by atoms with Gasteiger partial charge in [-0.1, -0.05) is 20.8 Å². The Morgan fingerprint density at radius 1 is 1.20 bits per heavy atom. The molecule has 116 valence electrons. The van der Waals surface area contributed by atoms with Crippen LogP contribution in [0.2, 0.25) is 0 Å². The fraction of sp³-hybridized carbons (Fsp3) is 0.812. The molecule has 0 radical (unpaired) electrons. The van der Waals surface area contributed by atoms with Crippen LogP contribution in [0.5, 0.6) is 0 Å². The quantitative estimate of drug-likeness (QED) is 0.871. The minimum atomic E-state index is 0.0645. The number of nitrogens with one attached hydrogen (secondary N) is 1. The summed E-state index contributed by atoms with van der Waals surface area (Å²) in [5.74, 6) is 0. The van der Waals surface area contributed by atoms with Gasteiger partial charge in [0.05, 0.1) is 5.69 Å². The molecule has 0 aliphatic carbocycles. The fourth-order valence-electron chi connectivity index (χ4n) is 1.93. The molecule has 0 saturated carbocycles. The van der Waals surface area contributed by atoms with Crippen molar-refractivity contribution in [3.63, 3.8) is 0 Å². The third-order valence-corrected chi connectivity index (χ3v) is 4.23. The lowest BCUT2D eigenvalue weighted by Gasteiger charge is -2.28. The van der Waals surface area contributed by atoms with Gasteiger partial charge in [0.25, 0.3) is 0 Å². The summed E-state index contributed by atoms with van der Waals surface area (Å²) in [5.41, 5.74) is 1.31. The molecule has 0 aromatic carbocycles. The van der Waals surface area contributed by atoms with E-state index < -0.39 is 0 Å². The Bertz CT molecular complexity index is 427. The average molecular weight is 298 g/mol. The summed E-state index contributed by atoms with van der Waals surface area (Å²) >= 11 is 1.78. The lowest BCUT2D eigenvalue weighted by Crippen LogP contribution is -2.34. The van der Waals surface area contributed by atoms with E-state index in [0.717, 1.165) is 23.9 Å². The van der Waals surface area contributed by atoms with Crippen molar-refractivity contribution in [2.45, 2.75) is 73.6 Å². The Hall–Kier alpha value is -0.450. The molecule has 4 heteroatoms. The van der Waals surface area contributed by atoms with Gasteiger partial charge in [-0.15, -0.1) is 11.3 Å². The molecule has 1 atom stereocenters. The Labute approximate surface area is 128 Å². The second kappa shape index (κ2) is 6.54.